The molecule has 3 heteroatoms. The van der Waals surface area contributed by atoms with E-state index < -0.39 is 0 Å². The van der Waals surface area contributed by atoms with Crippen molar-refractivity contribution in [3.63, 3.8) is 0 Å². The third-order valence-corrected chi connectivity index (χ3v) is 2.89. The predicted octanol–water partition coefficient (Wildman–Crippen LogP) is 2.06. The second-order valence-electron chi connectivity index (χ2n) is 4.00. The smallest absolute Gasteiger partial charge is 0.0568 e. The average molecular weight is 191 g/mol. The van der Waals surface area contributed by atoms with Crippen molar-refractivity contribution in [2.75, 3.05) is 16.8 Å². The lowest BCUT2D eigenvalue weighted by molar-refractivity contribution is 0.775. The summed E-state index contributed by atoms with van der Waals surface area (Å²) in [5.74, 6) is 0.841. The fourth-order valence-electron chi connectivity index (χ4n) is 1.75. The van der Waals surface area contributed by atoms with Crippen molar-refractivity contribution in [3.8, 4) is 0 Å². The van der Waals surface area contributed by atoms with Crippen molar-refractivity contribution < 1.29 is 0 Å². The second-order valence-corrected chi connectivity index (χ2v) is 4.00. The van der Waals surface area contributed by atoms with Crippen molar-refractivity contribution in [1.82, 2.24) is 0 Å². The first-order valence-electron chi connectivity index (χ1n) is 5.12. The maximum atomic E-state index is 5.72. The van der Waals surface area contributed by atoms with Gasteiger partial charge in [-0.15, -0.1) is 0 Å². The lowest BCUT2D eigenvalue weighted by Gasteiger charge is -2.07. The molecule has 14 heavy (non-hydrogen) atoms. The van der Waals surface area contributed by atoms with E-state index in [1.54, 1.807) is 0 Å². The Morgan fingerprint density at radius 1 is 1.36 bits per heavy atom. The van der Waals surface area contributed by atoms with Crippen LogP contribution in [-0.4, -0.2) is 6.04 Å². The number of nitrogens with two attached hydrogens (primary N) is 2. The van der Waals surface area contributed by atoms with E-state index in [-0.39, 0.29) is 0 Å². The van der Waals surface area contributed by atoms with Gasteiger partial charge in [-0.2, -0.15) is 0 Å². The van der Waals surface area contributed by atoms with Gasteiger partial charge < -0.3 is 16.8 Å². The zero-order chi connectivity index (χ0) is 10.1. The highest BCUT2D eigenvalue weighted by atomic mass is 15.0. The van der Waals surface area contributed by atoms with E-state index >= 15 is 0 Å². The number of hydrogen-bond acceptors (Lipinski definition) is 3. The molecule has 0 amide bonds. The van der Waals surface area contributed by atoms with Crippen LogP contribution < -0.4 is 16.8 Å². The first-order valence-corrected chi connectivity index (χ1v) is 5.12. The molecule has 0 heterocycles. The van der Waals surface area contributed by atoms with Gasteiger partial charge in [0, 0.05) is 11.7 Å². The van der Waals surface area contributed by atoms with Gasteiger partial charge in [-0.1, -0.05) is 13.3 Å². The molecule has 0 bridgehead atoms. The summed E-state index contributed by atoms with van der Waals surface area (Å²) in [4.78, 5) is 0. The number of anilines is 3. The average Bonchev–Trinajstić information content (AvgIpc) is 2.90. The summed E-state index contributed by atoms with van der Waals surface area (Å²) in [7, 11) is 0. The lowest BCUT2D eigenvalue weighted by Crippen LogP contribution is -2.05. The van der Waals surface area contributed by atoms with Crippen LogP contribution in [-0.2, 0) is 0 Å². The Morgan fingerprint density at radius 2 is 2.14 bits per heavy atom. The standard InChI is InChI=1S/C11H17N3/c1-2-7-5-11(7)14-8-3-4-9(12)10(13)6-8/h3-4,6-7,11,14H,2,5,12-13H2,1H3. The Kier molecular flexibility index (Phi) is 2.23. The minimum atomic E-state index is 0.642. The van der Waals surface area contributed by atoms with E-state index in [0.717, 1.165) is 11.6 Å². The van der Waals surface area contributed by atoms with Crippen molar-refractivity contribution in [2.45, 2.75) is 25.8 Å². The zero-order valence-corrected chi connectivity index (χ0v) is 8.46. The summed E-state index contributed by atoms with van der Waals surface area (Å²) >= 11 is 0. The van der Waals surface area contributed by atoms with E-state index in [2.05, 4.69) is 12.2 Å². The van der Waals surface area contributed by atoms with Gasteiger partial charge in [0.2, 0.25) is 0 Å². The molecule has 2 atom stereocenters. The molecule has 2 rings (SSSR count). The molecule has 0 aliphatic heterocycles. The number of rotatable bonds is 3. The monoisotopic (exact) mass is 191 g/mol. The Balaban J connectivity index is 2.00. The van der Waals surface area contributed by atoms with Crippen molar-refractivity contribution in [3.05, 3.63) is 18.2 Å². The van der Waals surface area contributed by atoms with Crippen LogP contribution >= 0.6 is 0 Å². The fraction of sp³-hybridized carbons (Fsp3) is 0.455. The molecule has 1 fully saturated rings. The second kappa shape index (κ2) is 3.40. The molecule has 0 saturated heterocycles. The number of nitrogen functional groups attached to an aromatic ring is 2. The van der Waals surface area contributed by atoms with Crippen LogP contribution in [0.25, 0.3) is 0 Å². The maximum absolute atomic E-state index is 5.72. The zero-order valence-electron chi connectivity index (χ0n) is 8.46. The molecule has 2 unspecified atom stereocenters. The predicted molar refractivity (Wildman–Crippen MR) is 61.1 cm³/mol. The molecule has 76 valence electrons. The summed E-state index contributed by atoms with van der Waals surface area (Å²) in [5, 5.41) is 3.45. The van der Waals surface area contributed by atoms with Gasteiger partial charge in [0.15, 0.2) is 0 Å². The highest BCUT2D eigenvalue weighted by molar-refractivity contribution is 5.69. The van der Waals surface area contributed by atoms with E-state index in [9.17, 15) is 0 Å². The van der Waals surface area contributed by atoms with E-state index in [0.29, 0.717) is 17.4 Å². The minimum Gasteiger partial charge on any atom is -0.397 e. The quantitative estimate of drug-likeness (QED) is 0.641. The van der Waals surface area contributed by atoms with Gasteiger partial charge in [-0.05, 0) is 30.5 Å². The van der Waals surface area contributed by atoms with Crippen molar-refractivity contribution >= 4 is 17.1 Å². The largest absolute Gasteiger partial charge is 0.397 e. The van der Waals surface area contributed by atoms with Gasteiger partial charge in [-0.25, -0.2) is 0 Å². The van der Waals surface area contributed by atoms with Crippen LogP contribution in [0.3, 0.4) is 0 Å². The van der Waals surface area contributed by atoms with Crippen LogP contribution in [0.2, 0.25) is 0 Å². The van der Waals surface area contributed by atoms with Gasteiger partial charge in [-0.3, -0.25) is 0 Å². The summed E-state index contributed by atoms with van der Waals surface area (Å²) < 4.78 is 0. The van der Waals surface area contributed by atoms with Crippen LogP contribution in [0.5, 0.6) is 0 Å². The highest BCUT2D eigenvalue weighted by Gasteiger charge is 2.34. The molecule has 5 N–H and O–H groups in total. The van der Waals surface area contributed by atoms with E-state index in [1.165, 1.54) is 12.8 Å². The fourth-order valence-corrected chi connectivity index (χ4v) is 1.75. The summed E-state index contributed by atoms with van der Waals surface area (Å²) in [6.45, 7) is 2.23. The molecular weight excluding hydrogens is 174 g/mol. The van der Waals surface area contributed by atoms with Crippen molar-refractivity contribution in [1.29, 1.82) is 0 Å². The molecule has 0 spiro atoms. The molecule has 1 aromatic carbocycles. The Bertz CT molecular complexity index is 335. The molecule has 1 aromatic rings. The van der Waals surface area contributed by atoms with Gasteiger partial charge in [0.05, 0.1) is 11.4 Å². The molecule has 1 aliphatic carbocycles. The third-order valence-electron chi connectivity index (χ3n) is 2.89. The van der Waals surface area contributed by atoms with Crippen LogP contribution in [0, 0.1) is 5.92 Å². The summed E-state index contributed by atoms with van der Waals surface area (Å²) in [5.41, 5.74) is 13.7. The first-order chi connectivity index (χ1) is 6.70. The number of nitrogens with one attached hydrogen (secondary N) is 1. The Labute approximate surface area is 84.5 Å². The van der Waals surface area contributed by atoms with Crippen LogP contribution in [0.15, 0.2) is 18.2 Å². The Morgan fingerprint density at radius 3 is 2.71 bits per heavy atom. The molecular formula is C11H17N3. The molecule has 0 aromatic heterocycles. The lowest BCUT2D eigenvalue weighted by atomic mass is 10.2. The SMILES string of the molecule is CCC1CC1Nc1ccc(N)c(N)c1. The Hall–Kier alpha value is -1.38. The van der Waals surface area contributed by atoms with Crippen LogP contribution in [0.1, 0.15) is 19.8 Å². The van der Waals surface area contributed by atoms with Crippen LogP contribution in [0.4, 0.5) is 17.1 Å². The third kappa shape index (κ3) is 1.76. The topological polar surface area (TPSA) is 64.1 Å². The van der Waals surface area contributed by atoms with Gasteiger partial charge in [0.1, 0.15) is 0 Å². The summed E-state index contributed by atoms with van der Waals surface area (Å²) in [6.07, 6.45) is 2.53. The molecule has 1 aliphatic rings. The van der Waals surface area contributed by atoms with Gasteiger partial charge >= 0.3 is 0 Å². The van der Waals surface area contributed by atoms with E-state index in [1.807, 2.05) is 18.2 Å². The molecule has 1 saturated carbocycles. The van der Waals surface area contributed by atoms with E-state index in [4.69, 9.17) is 11.5 Å². The molecule has 3 nitrogen and oxygen atoms in total. The normalized spacial score (nSPS) is 24.6. The van der Waals surface area contributed by atoms with Crippen molar-refractivity contribution in [2.24, 2.45) is 5.92 Å². The number of benzene rings is 1. The minimum absolute atomic E-state index is 0.642. The maximum Gasteiger partial charge on any atom is 0.0568 e. The summed E-state index contributed by atoms with van der Waals surface area (Å²) in [6, 6.07) is 6.38. The first kappa shape index (κ1) is 9.19. The van der Waals surface area contributed by atoms with Gasteiger partial charge in [0.25, 0.3) is 0 Å². The highest BCUT2D eigenvalue weighted by Crippen LogP contribution is 2.36. The molecule has 0 radical (unpaired) electrons. The number of hydrogen-bond donors (Lipinski definition) is 3.